The van der Waals surface area contributed by atoms with Crippen molar-refractivity contribution >= 4 is 17.4 Å². The summed E-state index contributed by atoms with van der Waals surface area (Å²) in [4.78, 5) is 11.6. The first-order valence-corrected chi connectivity index (χ1v) is 5.49. The van der Waals surface area contributed by atoms with E-state index in [0.717, 1.165) is 25.0 Å². The molecule has 0 radical (unpaired) electrons. The molecule has 1 aromatic rings. The van der Waals surface area contributed by atoms with Crippen molar-refractivity contribution in [1.82, 2.24) is 4.57 Å². The molecule has 0 N–H and O–H groups in total. The highest BCUT2D eigenvalue weighted by atomic mass is 35.5. The van der Waals surface area contributed by atoms with Gasteiger partial charge in [0.1, 0.15) is 0 Å². The number of Topliss-reactive ketones (excluding diaryl/α,β-unsaturated/α-hetero) is 1. The monoisotopic (exact) mass is 213 g/mol. The molecular formula is C11H16ClNO. The number of carbonyl (C=O) groups excluding carboxylic acids is 1. The second-order valence-electron chi connectivity index (χ2n) is 3.43. The molecule has 0 spiro atoms. The Morgan fingerprint density at radius 1 is 1.43 bits per heavy atom. The molecule has 0 aliphatic heterocycles. The third-order valence-electron chi connectivity index (χ3n) is 2.27. The van der Waals surface area contributed by atoms with Gasteiger partial charge in [0, 0.05) is 25.5 Å². The Bertz CT molecular complexity index is 293. The average molecular weight is 214 g/mol. The molecule has 78 valence electrons. The Morgan fingerprint density at radius 2 is 2.21 bits per heavy atom. The van der Waals surface area contributed by atoms with Crippen LogP contribution < -0.4 is 0 Å². The zero-order valence-corrected chi connectivity index (χ0v) is 9.26. The number of halogens is 1. The van der Waals surface area contributed by atoms with Crippen molar-refractivity contribution < 1.29 is 4.79 Å². The van der Waals surface area contributed by atoms with E-state index in [9.17, 15) is 4.79 Å². The molecule has 0 aliphatic carbocycles. The molecule has 0 aromatic carbocycles. The fourth-order valence-corrected chi connectivity index (χ4v) is 1.62. The van der Waals surface area contributed by atoms with Gasteiger partial charge in [0.05, 0.1) is 5.69 Å². The Hall–Kier alpha value is -0.760. The van der Waals surface area contributed by atoms with Crippen molar-refractivity contribution in [2.45, 2.75) is 25.7 Å². The van der Waals surface area contributed by atoms with E-state index < -0.39 is 0 Å². The predicted molar refractivity (Wildman–Crippen MR) is 58.9 cm³/mol. The Labute approximate surface area is 89.9 Å². The van der Waals surface area contributed by atoms with Crippen LogP contribution in [-0.2, 0) is 7.05 Å². The summed E-state index contributed by atoms with van der Waals surface area (Å²) in [6, 6.07) is 3.76. The summed E-state index contributed by atoms with van der Waals surface area (Å²) >= 11 is 5.55. The van der Waals surface area contributed by atoms with Gasteiger partial charge in [0.15, 0.2) is 5.78 Å². The molecule has 0 amide bonds. The van der Waals surface area contributed by atoms with E-state index in [-0.39, 0.29) is 5.78 Å². The first-order valence-electron chi connectivity index (χ1n) is 4.96. The van der Waals surface area contributed by atoms with E-state index in [1.807, 2.05) is 29.9 Å². The fraction of sp³-hybridized carbons (Fsp3) is 0.545. The molecule has 1 aromatic heterocycles. The zero-order chi connectivity index (χ0) is 10.4. The molecule has 0 aliphatic rings. The van der Waals surface area contributed by atoms with Crippen LogP contribution in [0.2, 0.25) is 0 Å². The highest BCUT2D eigenvalue weighted by Crippen LogP contribution is 2.08. The van der Waals surface area contributed by atoms with Crippen LogP contribution in [0, 0.1) is 0 Å². The number of carbonyl (C=O) groups is 1. The van der Waals surface area contributed by atoms with Crippen LogP contribution in [0.25, 0.3) is 0 Å². The minimum absolute atomic E-state index is 0.229. The van der Waals surface area contributed by atoms with Crippen LogP contribution >= 0.6 is 11.6 Å². The maximum Gasteiger partial charge on any atom is 0.179 e. The van der Waals surface area contributed by atoms with E-state index in [1.54, 1.807) is 0 Å². The third kappa shape index (κ3) is 3.18. The van der Waals surface area contributed by atoms with Crippen LogP contribution in [0.4, 0.5) is 0 Å². The molecule has 2 nitrogen and oxygen atoms in total. The van der Waals surface area contributed by atoms with Gasteiger partial charge in [-0.05, 0) is 25.0 Å². The number of nitrogens with zero attached hydrogens (tertiary/aromatic N) is 1. The van der Waals surface area contributed by atoms with Crippen LogP contribution in [0.5, 0.6) is 0 Å². The summed E-state index contributed by atoms with van der Waals surface area (Å²) in [5.74, 6) is 0.922. The molecular weight excluding hydrogens is 198 g/mol. The summed E-state index contributed by atoms with van der Waals surface area (Å²) in [5, 5.41) is 0. The van der Waals surface area contributed by atoms with E-state index in [1.165, 1.54) is 0 Å². The largest absolute Gasteiger partial charge is 0.348 e. The summed E-state index contributed by atoms with van der Waals surface area (Å²) in [7, 11) is 1.89. The SMILES string of the molecule is Cn1cccc1C(=O)CCCCCCl. The number of aryl methyl sites for hydroxylation is 1. The molecule has 0 saturated heterocycles. The molecule has 0 atom stereocenters. The summed E-state index contributed by atoms with van der Waals surface area (Å²) in [6.07, 6.45) is 5.51. The Balaban J connectivity index is 2.32. The second kappa shape index (κ2) is 5.86. The van der Waals surface area contributed by atoms with E-state index in [0.29, 0.717) is 12.3 Å². The van der Waals surface area contributed by atoms with Crippen LogP contribution in [0.1, 0.15) is 36.2 Å². The van der Waals surface area contributed by atoms with Crippen molar-refractivity contribution in [3.8, 4) is 0 Å². The first-order chi connectivity index (χ1) is 6.75. The molecule has 3 heteroatoms. The lowest BCUT2D eigenvalue weighted by molar-refractivity contribution is 0.0971. The Kier molecular flexibility index (Phi) is 4.74. The molecule has 0 fully saturated rings. The normalized spacial score (nSPS) is 10.4. The predicted octanol–water partition coefficient (Wildman–Crippen LogP) is 3.01. The molecule has 0 unspecified atom stereocenters. The standard InChI is InChI=1S/C11H16ClNO/c1-13-9-5-6-10(13)11(14)7-3-2-4-8-12/h5-6,9H,2-4,7-8H2,1H3. The lowest BCUT2D eigenvalue weighted by atomic mass is 10.1. The highest BCUT2D eigenvalue weighted by Gasteiger charge is 2.07. The van der Waals surface area contributed by atoms with Crippen molar-refractivity contribution in [2.24, 2.45) is 7.05 Å². The first kappa shape index (κ1) is 11.3. The number of rotatable bonds is 6. The van der Waals surface area contributed by atoms with E-state index >= 15 is 0 Å². The van der Waals surface area contributed by atoms with Crippen molar-refractivity contribution in [1.29, 1.82) is 0 Å². The number of alkyl halides is 1. The maximum absolute atomic E-state index is 11.6. The number of aromatic nitrogens is 1. The van der Waals surface area contributed by atoms with Gasteiger partial charge >= 0.3 is 0 Å². The minimum Gasteiger partial charge on any atom is -0.348 e. The topological polar surface area (TPSA) is 22.0 Å². The summed E-state index contributed by atoms with van der Waals surface area (Å²) < 4.78 is 1.86. The Morgan fingerprint density at radius 3 is 2.79 bits per heavy atom. The second-order valence-corrected chi connectivity index (χ2v) is 3.81. The molecule has 0 saturated carbocycles. The van der Waals surface area contributed by atoms with Gasteiger partial charge in [-0.1, -0.05) is 6.42 Å². The van der Waals surface area contributed by atoms with Crippen molar-refractivity contribution in [2.75, 3.05) is 5.88 Å². The van der Waals surface area contributed by atoms with Crippen LogP contribution in [-0.4, -0.2) is 16.2 Å². The highest BCUT2D eigenvalue weighted by molar-refractivity contribution is 6.17. The molecule has 14 heavy (non-hydrogen) atoms. The summed E-state index contributed by atoms with van der Waals surface area (Å²) in [5.41, 5.74) is 0.802. The fourth-order valence-electron chi connectivity index (χ4n) is 1.44. The van der Waals surface area contributed by atoms with Gasteiger partial charge in [-0.15, -0.1) is 11.6 Å². The number of hydrogen-bond donors (Lipinski definition) is 0. The maximum atomic E-state index is 11.6. The number of hydrogen-bond acceptors (Lipinski definition) is 1. The van der Waals surface area contributed by atoms with Gasteiger partial charge in [0.25, 0.3) is 0 Å². The van der Waals surface area contributed by atoms with Crippen molar-refractivity contribution in [3.63, 3.8) is 0 Å². The lowest BCUT2D eigenvalue weighted by Gasteiger charge is -2.01. The lowest BCUT2D eigenvalue weighted by Crippen LogP contribution is -2.04. The van der Waals surface area contributed by atoms with Gasteiger partial charge in [0.2, 0.25) is 0 Å². The van der Waals surface area contributed by atoms with Crippen LogP contribution in [0.15, 0.2) is 18.3 Å². The zero-order valence-electron chi connectivity index (χ0n) is 8.50. The molecule has 1 rings (SSSR count). The average Bonchev–Trinajstić information content (AvgIpc) is 2.59. The molecule has 0 bridgehead atoms. The van der Waals surface area contributed by atoms with Gasteiger partial charge in [-0.3, -0.25) is 4.79 Å². The van der Waals surface area contributed by atoms with Gasteiger partial charge < -0.3 is 4.57 Å². The van der Waals surface area contributed by atoms with E-state index in [4.69, 9.17) is 11.6 Å². The minimum atomic E-state index is 0.229. The van der Waals surface area contributed by atoms with Crippen LogP contribution in [0.3, 0.4) is 0 Å². The number of ketones is 1. The summed E-state index contributed by atoms with van der Waals surface area (Å²) in [6.45, 7) is 0. The molecule has 1 heterocycles. The van der Waals surface area contributed by atoms with E-state index in [2.05, 4.69) is 0 Å². The van der Waals surface area contributed by atoms with Gasteiger partial charge in [-0.2, -0.15) is 0 Å². The quantitative estimate of drug-likeness (QED) is 0.405. The number of unbranched alkanes of at least 4 members (excludes halogenated alkanes) is 2. The third-order valence-corrected chi connectivity index (χ3v) is 2.53. The smallest absolute Gasteiger partial charge is 0.179 e. The van der Waals surface area contributed by atoms with Gasteiger partial charge in [-0.25, -0.2) is 0 Å². The van der Waals surface area contributed by atoms with Crippen molar-refractivity contribution in [3.05, 3.63) is 24.0 Å².